The number of hydrogen-bond donors (Lipinski definition) is 2. The van der Waals surface area contributed by atoms with E-state index in [1.54, 1.807) is 20.4 Å². The number of benzene rings is 1. The zero-order valence-electron chi connectivity index (χ0n) is 16.7. The minimum absolute atomic E-state index is 0.625. The number of aryl methyl sites for hydroxylation is 2. The molecule has 2 aromatic heterocycles. The largest absolute Gasteiger partial charge is 0.496 e. The lowest BCUT2D eigenvalue weighted by Gasteiger charge is -2.14. The molecule has 3 rings (SSSR count). The van der Waals surface area contributed by atoms with Gasteiger partial charge in [0, 0.05) is 44.3 Å². The van der Waals surface area contributed by atoms with Crippen molar-refractivity contribution < 1.29 is 4.74 Å². The highest BCUT2D eigenvalue weighted by molar-refractivity contribution is 5.79. The number of hydrogen-bond acceptors (Lipinski definition) is 4. The van der Waals surface area contributed by atoms with Gasteiger partial charge in [-0.15, -0.1) is 0 Å². The van der Waals surface area contributed by atoms with Gasteiger partial charge >= 0.3 is 0 Å². The zero-order valence-corrected chi connectivity index (χ0v) is 16.7. The number of aromatic nitrogens is 3. The first-order valence-corrected chi connectivity index (χ1v) is 9.14. The molecule has 7 heteroatoms. The van der Waals surface area contributed by atoms with Crippen LogP contribution in [0.1, 0.15) is 22.5 Å². The zero-order chi connectivity index (χ0) is 19.9. The molecule has 0 fully saturated rings. The van der Waals surface area contributed by atoms with Crippen molar-refractivity contribution in [2.45, 2.75) is 26.9 Å². The van der Waals surface area contributed by atoms with Gasteiger partial charge in [-0.25, -0.2) is 9.97 Å². The van der Waals surface area contributed by atoms with E-state index in [1.165, 1.54) is 5.56 Å². The van der Waals surface area contributed by atoms with Crippen LogP contribution in [0.15, 0.2) is 53.9 Å². The summed E-state index contributed by atoms with van der Waals surface area (Å²) >= 11 is 0. The van der Waals surface area contributed by atoms with Crippen LogP contribution in [0.3, 0.4) is 0 Å². The number of nitrogens with zero attached hydrogens (tertiary/aromatic N) is 4. The van der Waals surface area contributed by atoms with Crippen molar-refractivity contribution in [1.82, 2.24) is 25.2 Å². The van der Waals surface area contributed by atoms with E-state index in [0.717, 1.165) is 34.5 Å². The van der Waals surface area contributed by atoms with Crippen LogP contribution in [0, 0.1) is 13.8 Å². The van der Waals surface area contributed by atoms with E-state index < -0.39 is 0 Å². The number of imidazole rings is 1. The number of pyridine rings is 1. The molecule has 7 nitrogen and oxygen atoms in total. The second-order valence-corrected chi connectivity index (χ2v) is 6.46. The number of guanidine groups is 1. The number of methoxy groups -OCH3 is 1. The Bertz CT molecular complexity index is 946. The van der Waals surface area contributed by atoms with Gasteiger partial charge < -0.3 is 15.4 Å². The molecule has 28 heavy (non-hydrogen) atoms. The topological polar surface area (TPSA) is 76.4 Å². The van der Waals surface area contributed by atoms with Crippen LogP contribution >= 0.6 is 0 Å². The molecule has 146 valence electrons. The number of nitrogens with one attached hydrogen (secondary N) is 2. The normalized spacial score (nSPS) is 11.4. The standard InChI is InChI=1S/C21H26N6O/c1-15-5-7-18(19(11-15)28-4)14-26-21(22-3)25-13-17-6-8-20(24-12-17)27-10-9-23-16(27)2/h5-12H,13-14H2,1-4H3,(H2,22,25,26). The van der Waals surface area contributed by atoms with Crippen LogP contribution in [-0.4, -0.2) is 34.7 Å². The molecule has 0 aliphatic rings. The molecule has 0 atom stereocenters. The second-order valence-electron chi connectivity index (χ2n) is 6.46. The molecule has 0 saturated heterocycles. The molecule has 0 aliphatic heterocycles. The molecular weight excluding hydrogens is 352 g/mol. The van der Waals surface area contributed by atoms with Gasteiger partial charge in [0.15, 0.2) is 5.96 Å². The Morgan fingerprint density at radius 1 is 1.11 bits per heavy atom. The van der Waals surface area contributed by atoms with Gasteiger partial charge in [-0.3, -0.25) is 9.56 Å². The highest BCUT2D eigenvalue weighted by Crippen LogP contribution is 2.19. The van der Waals surface area contributed by atoms with Crippen molar-refractivity contribution >= 4 is 5.96 Å². The fourth-order valence-corrected chi connectivity index (χ4v) is 2.87. The SMILES string of the molecule is CN=C(NCc1ccc(-n2ccnc2C)nc1)NCc1ccc(C)cc1OC. The van der Waals surface area contributed by atoms with E-state index in [-0.39, 0.29) is 0 Å². The van der Waals surface area contributed by atoms with Crippen LogP contribution in [0.2, 0.25) is 0 Å². The maximum atomic E-state index is 5.46. The Morgan fingerprint density at radius 3 is 2.57 bits per heavy atom. The van der Waals surface area contributed by atoms with Gasteiger partial charge in [-0.1, -0.05) is 18.2 Å². The second kappa shape index (κ2) is 9.03. The van der Waals surface area contributed by atoms with E-state index in [2.05, 4.69) is 37.7 Å². The molecule has 0 saturated carbocycles. The Labute approximate surface area is 165 Å². The number of rotatable bonds is 6. The molecule has 0 aliphatic carbocycles. The lowest BCUT2D eigenvalue weighted by Crippen LogP contribution is -2.36. The Kier molecular flexibility index (Phi) is 6.26. The molecule has 0 radical (unpaired) electrons. The summed E-state index contributed by atoms with van der Waals surface area (Å²) < 4.78 is 7.41. The Hall–Kier alpha value is -3.35. The van der Waals surface area contributed by atoms with Gasteiger partial charge in [-0.05, 0) is 37.1 Å². The van der Waals surface area contributed by atoms with Crippen LogP contribution in [-0.2, 0) is 13.1 Å². The van der Waals surface area contributed by atoms with E-state index in [4.69, 9.17) is 4.74 Å². The molecule has 2 heterocycles. The fourth-order valence-electron chi connectivity index (χ4n) is 2.87. The first kappa shape index (κ1) is 19.4. The summed E-state index contributed by atoms with van der Waals surface area (Å²) in [4.78, 5) is 13.0. The molecule has 3 aromatic rings. The third-order valence-electron chi connectivity index (χ3n) is 4.45. The van der Waals surface area contributed by atoms with Crippen molar-refractivity contribution in [3.05, 3.63) is 71.4 Å². The summed E-state index contributed by atoms with van der Waals surface area (Å²) in [6.45, 7) is 5.25. The van der Waals surface area contributed by atoms with E-state index in [9.17, 15) is 0 Å². The van der Waals surface area contributed by atoms with Crippen molar-refractivity contribution in [1.29, 1.82) is 0 Å². The van der Waals surface area contributed by atoms with Gasteiger partial charge in [0.25, 0.3) is 0 Å². The molecule has 2 N–H and O–H groups in total. The smallest absolute Gasteiger partial charge is 0.191 e. The lowest BCUT2D eigenvalue weighted by atomic mass is 10.1. The van der Waals surface area contributed by atoms with Crippen molar-refractivity contribution in [3.63, 3.8) is 0 Å². The molecule has 0 amide bonds. The molecule has 0 unspecified atom stereocenters. The fraction of sp³-hybridized carbons (Fsp3) is 0.286. The third kappa shape index (κ3) is 4.68. The molecule has 0 spiro atoms. The first-order chi connectivity index (χ1) is 13.6. The monoisotopic (exact) mass is 378 g/mol. The summed E-state index contributed by atoms with van der Waals surface area (Å²) in [5.74, 6) is 3.36. The molecular formula is C21H26N6O. The maximum absolute atomic E-state index is 5.46. The minimum Gasteiger partial charge on any atom is -0.496 e. The predicted molar refractivity (Wildman–Crippen MR) is 111 cm³/mol. The van der Waals surface area contributed by atoms with Crippen molar-refractivity contribution in [2.24, 2.45) is 4.99 Å². The predicted octanol–water partition coefficient (Wildman–Crippen LogP) is 2.76. The molecule has 0 bridgehead atoms. The van der Waals surface area contributed by atoms with Gasteiger partial charge in [0.1, 0.15) is 17.4 Å². The summed E-state index contributed by atoms with van der Waals surface area (Å²) in [5.41, 5.74) is 3.32. The van der Waals surface area contributed by atoms with Crippen LogP contribution in [0.25, 0.3) is 5.82 Å². The maximum Gasteiger partial charge on any atom is 0.191 e. The number of aliphatic imine (C=N–C) groups is 1. The van der Waals surface area contributed by atoms with E-state index in [1.807, 2.05) is 49.0 Å². The van der Waals surface area contributed by atoms with Gasteiger partial charge in [0.05, 0.1) is 7.11 Å². The Balaban J connectivity index is 1.56. The summed E-state index contributed by atoms with van der Waals surface area (Å²) in [7, 11) is 3.44. The summed E-state index contributed by atoms with van der Waals surface area (Å²) in [6, 6.07) is 10.2. The highest BCUT2D eigenvalue weighted by atomic mass is 16.5. The quantitative estimate of drug-likeness (QED) is 0.510. The van der Waals surface area contributed by atoms with E-state index >= 15 is 0 Å². The summed E-state index contributed by atoms with van der Waals surface area (Å²) in [6.07, 6.45) is 5.53. The van der Waals surface area contributed by atoms with Crippen molar-refractivity contribution in [3.8, 4) is 11.6 Å². The van der Waals surface area contributed by atoms with Gasteiger partial charge in [0.2, 0.25) is 0 Å². The van der Waals surface area contributed by atoms with Crippen LogP contribution in [0.5, 0.6) is 5.75 Å². The first-order valence-electron chi connectivity index (χ1n) is 9.14. The summed E-state index contributed by atoms with van der Waals surface area (Å²) in [5, 5.41) is 6.63. The van der Waals surface area contributed by atoms with Crippen molar-refractivity contribution in [2.75, 3.05) is 14.2 Å². The van der Waals surface area contributed by atoms with Gasteiger partial charge in [-0.2, -0.15) is 0 Å². The average molecular weight is 378 g/mol. The number of ether oxygens (including phenoxy) is 1. The Morgan fingerprint density at radius 2 is 1.93 bits per heavy atom. The molecule has 1 aromatic carbocycles. The third-order valence-corrected chi connectivity index (χ3v) is 4.45. The van der Waals surface area contributed by atoms with E-state index in [0.29, 0.717) is 13.1 Å². The highest BCUT2D eigenvalue weighted by Gasteiger charge is 2.06. The van der Waals surface area contributed by atoms with Crippen LogP contribution in [0.4, 0.5) is 0 Å². The average Bonchev–Trinajstić information content (AvgIpc) is 3.15. The van der Waals surface area contributed by atoms with Crippen LogP contribution < -0.4 is 15.4 Å². The minimum atomic E-state index is 0.625. The lowest BCUT2D eigenvalue weighted by molar-refractivity contribution is 0.408.